The van der Waals surface area contributed by atoms with Crippen molar-refractivity contribution in [3.05, 3.63) is 128 Å². The van der Waals surface area contributed by atoms with Crippen molar-refractivity contribution in [3.63, 3.8) is 0 Å². The molecule has 0 amide bonds. The summed E-state index contributed by atoms with van der Waals surface area (Å²) in [6.45, 7) is 0.334. The summed E-state index contributed by atoms with van der Waals surface area (Å²) >= 11 is 3.41. The van der Waals surface area contributed by atoms with E-state index in [2.05, 4.69) is 25.8 Å². The molecule has 0 fully saturated rings. The smallest absolute Gasteiger partial charge is 0.497 e. The lowest BCUT2D eigenvalue weighted by atomic mass is 10.0. The number of pyridine rings is 1. The summed E-state index contributed by atoms with van der Waals surface area (Å²) in [4.78, 5) is 31.3. The van der Waals surface area contributed by atoms with Crippen LogP contribution in [0.4, 0.5) is 13.2 Å². The molecule has 1 aromatic heterocycles. The molecule has 0 saturated heterocycles. The van der Waals surface area contributed by atoms with Crippen LogP contribution in [0.1, 0.15) is 33.5 Å². The number of methoxy groups -OCH3 is 1. The molecule has 4 rings (SSSR count). The summed E-state index contributed by atoms with van der Waals surface area (Å²) in [7, 11) is 1.55. The Morgan fingerprint density at radius 1 is 0.902 bits per heavy atom. The average Bonchev–Trinajstić information content (AvgIpc) is 2.93. The zero-order valence-corrected chi connectivity index (χ0v) is 23.3. The molecular weight excluding hydrogens is 605 g/mol. The van der Waals surface area contributed by atoms with E-state index in [4.69, 9.17) is 9.57 Å². The molecule has 0 spiro atoms. The average molecular weight is 629 g/mol. The van der Waals surface area contributed by atoms with Gasteiger partial charge in [0.05, 0.1) is 25.8 Å². The Morgan fingerprint density at radius 2 is 1.59 bits per heavy atom. The van der Waals surface area contributed by atoms with Gasteiger partial charge in [-0.25, -0.2) is 0 Å². The number of nitrogens with zero attached hydrogens (tertiary/aromatic N) is 2. The highest BCUT2D eigenvalue weighted by Crippen LogP contribution is 2.24. The molecule has 0 radical (unpaired) electrons. The van der Waals surface area contributed by atoms with Crippen molar-refractivity contribution in [1.29, 1.82) is 0 Å². The zero-order chi connectivity index (χ0) is 29.4. The highest BCUT2D eigenvalue weighted by Gasteiger charge is 2.31. The molecule has 212 valence electrons. The van der Waals surface area contributed by atoms with Crippen LogP contribution < -0.4 is 15.0 Å². The first-order valence-corrected chi connectivity index (χ1v) is 13.0. The fourth-order valence-corrected chi connectivity index (χ4v) is 4.30. The number of ether oxygens (including phenoxy) is 2. The number of carbonyl (C=O) groups is 1. The minimum atomic E-state index is -4.84. The number of hydrogen-bond donors (Lipinski definition) is 0. The molecular formula is C30H24BrF3N2O5. The van der Waals surface area contributed by atoms with E-state index in [1.165, 1.54) is 35.0 Å². The van der Waals surface area contributed by atoms with Gasteiger partial charge in [0.2, 0.25) is 0 Å². The summed E-state index contributed by atoms with van der Waals surface area (Å²) in [5.41, 5.74) is 2.19. The van der Waals surface area contributed by atoms with E-state index in [0.717, 1.165) is 27.7 Å². The third-order valence-electron chi connectivity index (χ3n) is 5.86. The third kappa shape index (κ3) is 8.81. The maximum absolute atomic E-state index is 13.3. The third-order valence-corrected chi connectivity index (χ3v) is 6.35. The van der Waals surface area contributed by atoms with Crippen LogP contribution in [0.5, 0.6) is 11.5 Å². The first-order chi connectivity index (χ1) is 19.6. The van der Waals surface area contributed by atoms with Gasteiger partial charge in [0, 0.05) is 27.9 Å². The van der Waals surface area contributed by atoms with Crippen molar-refractivity contribution in [2.45, 2.75) is 25.9 Å². The number of halogens is 4. The number of alkyl halides is 3. The number of benzene rings is 3. The molecule has 0 aliphatic heterocycles. The van der Waals surface area contributed by atoms with Gasteiger partial charge < -0.3 is 18.9 Å². The van der Waals surface area contributed by atoms with Crippen LogP contribution >= 0.6 is 15.9 Å². The van der Waals surface area contributed by atoms with Gasteiger partial charge in [-0.05, 0) is 65.7 Å². The fraction of sp³-hybridized carbons (Fsp3) is 0.167. The molecule has 0 atom stereocenters. The number of aromatic nitrogens is 1. The molecule has 0 N–H and O–H groups in total. The van der Waals surface area contributed by atoms with Crippen molar-refractivity contribution >= 4 is 27.4 Å². The van der Waals surface area contributed by atoms with Gasteiger partial charge in [0.25, 0.3) is 5.56 Å². The molecule has 7 nitrogen and oxygen atoms in total. The Balaban J connectivity index is 1.56. The summed E-state index contributed by atoms with van der Waals surface area (Å²) < 4.78 is 49.2. The van der Waals surface area contributed by atoms with Crippen LogP contribution in [0.15, 0.2) is 106 Å². The molecule has 41 heavy (non-hydrogen) atoms. The molecule has 0 saturated carbocycles. The Bertz CT molecular complexity index is 1580. The van der Waals surface area contributed by atoms with E-state index in [9.17, 15) is 22.8 Å². The summed E-state index contributed by atoms with van der Waals surface area (Å²) in [5, 5.41) is 4.15. The quantitative estimate of drug-likeness (QED) is 0.104. The molecule has 0 aliphatic carbocycles. The van der Waals surface area contributed by atoms with Crippen LogP contribution in [0, 0.1) is 0 Å². The number of Topliss-reactive ketones (excluding diaryl/α,β-unsaturated/α-hetero) is 1. The fourth-order valence-electron chi connectivity index (χ4n) is 3.85. The van der Waals surface area contributed by atoms with E-state index in [1.807, 2.05) is 24.3 Å². The minimum absolute atomic E-state index is 0.0778. The van der Waals surface area contributed by atoms with Crippen molar-refractivity contribution in [2.75, 3.05) is 7.11 Å². The maximum atomic E-state index is 13.3. The molecule has 3 aromatic carbocycles. The predicted octanol–water partition coefficient (Wildman–Crippen LogP) is 6.76. The van der Waals surface area contributed by atoms with Crippen molar-refractivity contribution < 1.29 is 32.3 Å². The number of rotatable bonds is 11. The van der Waals surface area contributed by atoms with Gasteiger partial charge in [0.15, 0.2) is 5.78 Å². The number of ketones is 1. The van der Waals surface area contributed by atoms with Gasteiger partial charge in [-0.1, -0.05) is 45.4 Å². The molecule has 0 unspecified atom stereocenters. The van der Waals surface area contributed by atoms with E-state index in [1.54, 1.807) is 31.4 Å². The van der Waals surface area contributed by atoms with E-state index >= 15 is 0 Å². The monoisotopic (exact) mass is 628 g/mol. The van der Waals surface area contributed by atoms with Crippen molar-refractivity contribution in [1.82, 2.24) is 4.57 Å². The second-order valence-corrected chi connectivity index (χ2v) is 9.76. The lowest BCUT2D eigenvalue weighted by Crippen LogP contribution is -2.21. The lowest BCUT2D eigenvalue weighted by Gasteiger charge is -2.12. The Kier molecular flexibility index (Phi) is 9.61. The summed E-state index contributed by atoms with van der Waals surface area (Å²) in [6.07, 6.45) is -3.60. The van der Waals surface area contributed by atoms with Gasteiger partial charge >= 0.3 is 6.36 Å². The largest absolute Gasteiger partial charge is 0.573 e. The minimum Gasteiger partial charge on any atom is -0.497 e. The van der Waals surface area contributed by atoms with Crippen LogP contribution in [-0.2, 0) is 18.0 Å². The van der Waals surface area contributed by atoms with Gasteiger partial charge in [-0.2, -0.15) is 0 Å². The first-order valence-electron chi connectivity index (χ1n) is 12.3. The van der Waals surface area contributed by atoms with Gasteiger partial charge in [-0.15, -0.1) is 13.2 Å². The lowest BCUT2D eigenvalue weighted by molar-refractivity contribution is -0.274. The molecule has 0 bridgehead atoms. The second-order valence-electron chi connectivity index (χ2n) is 8.85. The Hall–Kier alpha value is -4.38. The second kappa shape index (κ2) is 13.3. The topological polar surface area (TPSA) is 79.1 Å². The normalized spacial score (nSPS) is 11.7. The van der Waals surface area contributed by atoms with Gasteiger partial charge in [0.1, 0.15) is 18.1 Å². The SMILES string of the molecule is COc1ccc(CO/N=C(/CC(=O)c2ccc(=O)n(Cc3cccc(Br)c3)c2)c2ccc(OC(F)(F)F)cc2)cc1. The maximum Gasteiger partial charge on any atom is 0.573 e. The summed E-state index contributed by atoms with van der Waals surface area (Å²) in [6, 6.07) is 22.3. The predicted molar refractivity (Wildman–Crippen MR) is 150 cm³/mol. The van der Waals surface area contributed by atoms with Crippen LogP contribution in [0.3, 0.4) is 0 Å². The Labute approximate surface area is 241 Å². The van der Waals surface area contributed by atoms with E-state index < -0.39 is 12.1 Å². The number of oxime groups is 1. The number of carbonyl (C=O) groups excluding carboxylic acids is 1. The van der Waals surface area contributed by atoms with E-state index in [0.29, 0.717) is 11.3 Å². The number of hydrogen-bond acceptors (Lipinski definition) is 6. The van der Waals surface area contributed by atoms with E-state index in [-0.39, 0.29) is 42.2 Å². The van der Waals surface area contributed by atoms with Gasteiger partial charge in [-0.3, -0.25) is 9.59 Å². The van der Waals surface area contributed by atoms with Crippen molar-refractivity contribution in [3.8, 4) is 11.5 Å². The standard InChI is InChI=1S/C30H24BrF3N2O5/c1-39-25-10-5-20(6-11-25)19-40-35-27(22-7-12-26(13-8-22)41-30(32,33)34)16-28(37)23-9-14-29(38)36(18-23)17-21-3-2-4-24(31)15-21/h2-15,18H,16-17,19H2,1H3/b35-27-. The highest BCUT2D eigenvalue weighted by molar-refractivity contribution is 9.10. The summed E-state index contributed by atoms with van der Waals surface area (Å²) in [5.74, 6) is -0.105. The van der Waals surface area contributed by atoms with Crippen LogP contribution in [0.25, 0.3) is 0 Å². The zero-order valence-electron chi connectivity index (χ0n) is 21.7. The Morgan fingerprint density at radius 3 is 2.24 bits per heavy atom. The molecule has 1 heterocycles. The molecule has 11 heteroatoms. The molecule has 0 aliphatic rings. The van der Waals surface area contributed by atoms with Crippen LogP contribution in [-0.4, -0.2) is 29.5 Å². The van der Waals surface area contributed by atoms with Crippen molar-refractivity contribution in [2.24, 2.45) is 5.16 Å². The van der Waals surface area contributed by atoms with Crippen LogP contribution in [0.2, 0.25) is 0 Å². The molecule has 4 aromatic rings. The highest BCUT2D eigenvalue weighted by atomic mass is 79.9. The first kappa shape index (κ1) is 29.6.